The number of hydrogen-bond acceptors (Lipinski definition) is 5. The number of nitrogen functional groups attached to an aromatic ring is 1. The molecule has 90 valence electrons. The Bertz CT molecular complexity index is 524. The predicted octanol–water partition coefficient (Wildman–Crippen LogP) is 2.08. The van der Waals surface area contributed by atoms with Crippen molar-refractivity contribution in [1.29, 1.82) is 0 Å². The normalized spacial score (nSPS) is 10.5. The zero-order valence-electron chi connectivity index (χ0n) is 10.1. The first-order chi connectivity index (χ1) is 8.24. The number of rotatable bonds is 4. The van der Waals surface area contributed by atoms with Crippen LogP contribution in [-0.2, 0) is 0 Å². The lowest BCUT2D eigenvalue weighted by atomic mass is 10.2. The highest BCUT2D eigenvalue weighted by Crippen LogP contribution is 2.23. The molecule has 4 N–H and O–H groups in total. The standard InChI is InChI=1S/C12H17N5/c1-3-6-15-11-9-5-4-8(13)7-10(9)16-12(14-2)17-11/h4-5,7H,3,6,13H2,1-2H3,(H2,14,15,16,17). The van der Waals surface area contributed by atoms with Crippen molar-refractivity contribution in [3.63, 3.8) is 0 Å². The molecular formula is C12H17N5. The lowest BCUT2D eigenvalue weighted by Crippen LogP contribution is -2.06. The van der Waals surface area contributed by atoms with Gasteiger partial charge >= 0.3 is 0 Å². The first kappa shape index (κ1) is 11.4. The molecular weight excluding hydrogens is 214 g/mol. The third-order valence-electron chi connectivity index (χ3n) is 2.49. The van der Waals surface area contributed by atoms with Crippen LogP contribution >= 0.6 is 0 Å². The van der Waals surface area contributed by atoms with Crippen LogP contribution in [-0.4, -0.2) is 23.6 Å². The monoisotopic (exact) mass is 231 g/mol. The van der Waals surface area contributed by atoms with Crippen LogP contribution in [0.25, 0.3) is 10.9 Å². The van der Waals surface area contributed by atoms with E-state index in [1.807, 2.05) is 18.2 Å². The zero-order valence-corrected chi connectivity index (χ0v) is 10.1. The molecule has 0 aliphatic heterocycles. The number of nitrogens with two attached hydrogens (primary N) is 1. The van der Waals surface area contributed by atoms with Crippen LogP contribution in [0.15, 0.2) is 18.2 Å². The van der Waals surface area contributed by atoms with Crippen molar-refractivity contribution < 1.29 is 0 Å². The summed E-state index contributed by atoms with van der Waals surface area (Å²) in [6, 6.07) is 5.67. The number of nitrogens with one attached hydrogen (secondary N) is 2. The SMILES string of the molecule is CCCNc1nc(NC)nc2cc(N)ccc12. The molecule has 1 aromatic carbocycles. The van der Waals surface area contributed by atoms with E-state index in [0.29, 0.717) is 11.6 Å². The molecule has 0 amide bonds. The molecule has 0 bridgehead atoms. The maximum absolute atomic E-state index is 5.76. The fourth-order valence-electron chi connectivity index (χ4n) is 1.64. The molecule has 0 fully saturated rings. The molecule has 0 aliphatic rings. The number of hydrogen-bond donors (Lipinski definition) is 3. The van der Waals surface area contributed by atoms with Crippen LogP contribution in [0.1, 0.15) is 13.3 Å². The fourth-order valence-corrected chi connectivity index (χ4v) is 1.64. The van der Waals surface area contributed by atoms with Crippen molar-refractivity contribution in [1.82, 2.24) is 9.97 Å². The highest BCUT2D eigenvalue weighted by atomic mass is 15.1. The first-order valence-electron chi connectivity index (χ1n) is 5.73. The van der Waals surface area contributed by atoms with Gasteiger partial charge in [0.2, 0.25) is 5.95 Å². The zero-order chi connectivity index (χ0) is 12.3. The summed E-state index contributed by atoms with van der Waals surface area (Å²) < 4.78 is 0. The van der Waals surface area contributed by atoms with Crippen LogP contribution in [0.3, 0.4) is 0 Å². The highest BCUT2D eigenvalue weighted by Gasteiger charge is 2.06. The van der Waals surface area contributed by atoms with E-state index in [1.54, 1.807) is 7.05 Å². The summed E-state index contributed by atoms with van der Waals surface area (Å²) >= 11 is 0. The van der Waals surface area contributed by atoms with Crippen LogP contribution in [0, 0.1) is 0 Å². The van der Waals surface area contributed by atoms with Gasteiger partial charge in [-0.1, -0.05) is 6.92 Å². The quantitative estimate of drug-likeness (QED) is 0.702. The average molecular weight is 231 g/mol. The predicted molar refractivity (Wildman–Crippen MR) is 72.3 cm³/mol. The van der Waals surface area contributed by atoms with E-state index >= 15 is 0 Å². The lowest BCUT2D eigenvalue weighted by Gasteiger charge is -2.10. The van der Waals surface area contributed by atoms with Crippen molar-refractivity contribution >= 4 is 28.4 Å². The second-order valence-corrected chi connectivity index (χ2v) is 3.85. The third-order valence-corrected chi connectivity index (χ3v) is 2.49. The number of anilines is 3. The average Bonchev–Trinajstić information content (AvgIpc) is 2.34. The summed E-state index contributed by atoms with van der Waals surface area (Å²) in [5.41, 5.74) is 7.32. The largest absolute Gasteiger partial charge is 0.399 e. The topological polar surface area (TPSA) is 75.9 Å². The minimum Gasteiger partial charge on any atom is -0.399 e. The Hall–Kier alpha value is -2.04. The van der Waals surface area contributed by atoms with Crippen LogP contribution in [0.5, 0.6) is 0 Å². The number of benzene rings is 1. The smallest absolute Gasteiger partial charge is 0.224 e. The van der Waals surface area contributed by atoms with E-state index in [-0.39, 0.29) is 0 Å². The van der Waals surface area contributed by atoms with Gasteiger partial charge in [-0.2, -0.15) is 4.98 Å². The molecule has 5 nitrogen and oxygen atoms in total. The van der Waals surface area contributed by atoms with Crippen molar-refractivity contribution in [3.05, 3.63) is 18.2 Å². The van der Waals surface area contributed by atoms with Gasteiger partial charge in [0.15, 0.2) is 0 Å². The molecule has 0 unspecified atom stereocenters. The van der Waals surface area contributed by atoms with E-state index in [9.17, 15) is 0 Å². The molecule has 0 saturated heterocycles. The highest BCUT2D eigenvalue weighted by molar-refractivity contribution is 5.91. The maximum atomic E-state index is 5.76. The van der Waals surface area contributed by atoms with Gasteiger partial charge in [0.1, 0.15) is 5.82 Å². The molecule has 0 aliphatic carbocycles. The van der Waals surface area contributed by atoms with Crippen LogP contribution in [0.2, 0.25) is 0 Å². The summed E-state index contributed by atoms with van der Waals surface area (Å²) in [7, 11) is 1.80. The molecule has 5 heteroatoms. The van der Waals surface area contributed by atoms with Crippen molar-refractivity contribution in [3.8, 4) is 0 Å². The first-order valence-corrected chi connectivity index (χ1v) is 5.73. The van der Waals surface area contributed by atoms with Crippen LogP contribution < -0.4 is 16.4 Å². The van der Waals surface area contributed by atoms with Gasteiger partial charge in [0, 0.05) is 24.7 Å². The van der Waals surface area contributed by atoms with Crippen molar-refractivity contribution in [2.24, 2.45) is 0 Å². The van der Waals surface area contributed by atoms with Gasteiger partial charge in [-0.05, 0) is 24.6 Å². The van der Waals surface area contributed by atoms with E-state index in [2.05, 4.69) is 27.5 Å². The van der Waals surface area contributed by atoms with Gasteiger partial charge in [0.05, 0.1) is 5.52 Å². The molecule has 17 heavy (non-hydrogen) atoms. The Kier molecular flexibility index (Phi) is 3.27. The molecule has 0 saturated carbocycles. The lowest BCUT2D eigenvalue weighted by molar-refractivity contribution is 0.970. The second kappa shape index (κ2) is 4.86. The summed E-state index contributed by atoms with van der Waals surface area (Å²) in [6.07, 6.45) is 1.05. The van der Waals surface area contributed by atoms with E-state index < -0.39 is 0 Å². The second-order valence-electron chi connectivity index (χ2n) is 3.85. The van der Waals surface area contributed by atoms with Gasteiger partial charge in [0.25, 0.3) is 0 Å². The summed E-state index contributed by atoms with van der Waals surface area (Å²) in [5, 5.41) is 7.24. The Morgan fingerprint density at radius 2 is 2.12 bits per heavy atom. The molecule has 0 radical (unpaired) electrons. The van der Waals surface area contributed by atoms with Gasteiger partial charge < -0.3 is 16.4 Å². The van der Waals surface area contributed by atoms with Crippen molar-refractivity contribution in [2.45, 2.75) is 13.3 Å². The fraction of sp³-hybridized carbons (Fsp3) is 0.333. The van der Waals surface area contributed by atoms with Gasteiger partial charge in [-0.15, -0.1) is 0 Å². The van der Waals surface area contributed by atoms with Gasteiger partial charge in [-0.25, -0.2) is 4.98 Å². The number of aromatic nitrogens is 2. The van der Waals surface area contributed by atoms with Gasteiger partial charge in [-0.3, -0.25) is 0 Å². The Morgan fingerprint density at radius 3 is 2.82 bits per heavy atom. The molecule has 2 aromatic rings. The van der Waals surface area contributed by atoms with Crippen LogP contribution in [0.4, 0.5) is 17.5 Å². The Labute approximate surface area is 100 Å². The molecule has 0 spiro atoms. The Morgan fingerprint density at radius 1 is 1.29 bits per heavy atom. The summed E-state index contributed by atoms with van der Waals surface area (Å²) in [4.78, 5) is 8.79. The molecule has 2 rings (SSSR count). The van der Waals surface area contributed by atoms with E-state index in [0.717, 1.165) is 29.7 Å². The minimum absolute atomic E-state index is 0.599. The molecule has 1 aromatic heterocycles. The number of fused-ring (bicyclic) bond motifs is 1. The Balaban J connectivity index is 2.54. The van der Waals surface area contributed by atoms with E-state index in [1.165, 1.54) is 0 Å². The summed E-state index contributed by atoms with van der Waals surface area (Å²) in [6.45, 7) is 3.01. The summed E-state index contributed by atoms with van der Waals surface area (Å²) in [5.74, 6) is 1.45. The maximum Gasteiger partial charge on any atom is 0.224 e. The van der Waals surface area contributed by atoms with Crippen molar-refractivity contribution in [2.75, 3.05) is 30.0 Å². The van der Waals surface area contributed by atoms with E-state index in [4.69, 9.17) is 5.73 Å². The molecule has 0 atom stereocenters. The molecule has 1 heterocycles. The third kappa shape index (κ3) is 2.38. The minimum atomic E-state index is 0.599. The number of nitrogens with zero attached hydrogens (tertiary/aromatic N) is 2.